The van der Waals surface area contributed by atoms with Gasteiger partial charge in [-0.1, -0.05) is 18.2 Å². The van der Waals surface area contributed by atoms with E-state index in [-0.39, 0.29) is 11.7 Å². The van der Waals surface area contributed by atoms with Crippen LogP contribution in [0.1, 0.15) is 21.7 Å². The van der Waals surface area contributed by atoms with E-state index in [0.717, 1.165) is 23.1 Å². The van der Waals surface area contributed by atoms with Crippen LogP contribution in [0.4, 0.5) is 4.39 Å². The molecule has 0 unspecified atom stereocenters. The quantitative estimate of drug-likeness (QED) is 0.517. The Labute approximate surface area is 144 Å². The molecule has 4 nitrogen and oxygen atoms in total. The van der Waals surface area contributed by atoms with Gasteiger partial charge in [-0.05, 0) is 49.2 Å². The minimum Gasteiger partial charge on any atom is -0.358 e. The van der Waals surface area contributed by atoms with Crippen LogP contribution in [0.5, 0.6) is 0 Å². The van der Waals surface area contributed by atoms with Crippen LogP contribution in [0.2, 0.25) is 0 Å². The van der Waals surface area contributed by atoms with Gasteiger partial charge in [0.15, 0.2) is 0 Å². The van der Waals surface area contributed by atoms with Gasteiger partial charge in [-0.25, -0.2) is 4.39 Å². The van der Waals surface area contributed by atoms with Gasteiger partial charge in [-0.15, -0.1) is 0 Å². The Morgan fingerprint density at radius 3 is 2.80 bits per heavy atom. The number of carbonyl (C=O) groups is 1. The highest BCUT2D eigenvalue weighted by Gasteiger charge is 2.11. The maximum atomic E-state index is 13.3. The minimum atomic E-state index is -0.312. The molecular formula is C20H18FN3O. The van der Waals surface area contributed by atoms with Gasteiger partial charge in [-0.3, -0.25) is 4.79 Å². The molecule has 3 N–H and O–H groups in total. The van der Waals surface area contributed by atoms with Crippen molar-refractivity contribution in [1.29, 1.82) is 0 Å². The number of hydrogen-bond donors (Lipinski definition) is 3. The zero-order valence-corrected chi connectivity index (χ0v) is 13.8. The van der Waals surface area contributed by atoms with E-state index in [2.05, 4.69) is 21.4 Å². The van der Waals surface area contributed by atoms with Gasteiger partial charge in [0.25, 0.3) is 5.91 Å². The molecule has 4 rings (SSSR count). The van der Waals surface area contributed by atoms with E-state index < -0.39 is 0 Å². The first-order valence-corrected chi connectivity index (χ1v) is 8.24. The molecule has 0 radical (unpaired) electrons. The summed E-state index contributed by atoms with van der Waals surface area (Å²) in [6.45, 7) is 2.58. The summed E-state index contributed by atoms with van der Waals surface area (Å²) < 4.78 is 13.3. The molecule has 4 aromatic rings. The number of fused-ring (bicyclic) bond motifs is 2. The van der Waals surface area contributed by atoms with Crippen molar-refractivity contribution in [1.82, 2.24) is 15.3 Å². The van der Waals surface area contributed by atoms with Crippen molar-refractivity contribution in [2.24, 2.45) is 0 Å². The van der Waals surface area contributed by atoms with Gasteiger partial charge in [0.1, 0.15) is 11.5 Å². The number of nitrogens with one attached hydrogen (secondary N) is 3. The molecule has 0 saturated heterocycles. The van der Waals surface area contributed by atoms with Crippen LogP contribution in [0.25, 0.3) is 21.8 Å². The van der Waals surface area contributed by atoms with Crippen molar-refractivity contribution in [3.63, 3.8) is 0 Å². The summed E-state index contributed by atoms with van der Waals surface area (Å²) in [6, 6.07) is 14.2. The van der Waals surface area contributed by atoms with E-state index in [1.54, 1.807) is 12.1 Å². The van der Waals surface area contributed by atoms with E-state index >= 15 is 0 Å². The number of carbonyl (C=O) groups excluding carboxylic acids is 1. The Bertz CT molecular complexity index is 1080. The highest BCUT2D eigenvalue weighted by Crippen LogP contribution is 2.22. The van der Waals surface area contributed by atoms with Crippen molar-refractivity contribution in [3.05, 3.63) is 71.3 Å². The maximum absolute atomic E-state index is 13.3. The van der Waals surface area contributed by atoms with Crippen molar-refractivity contribution >= 4 is 27.7 Å². The third kappa shape index (κ3) is 2.89. The van der Waals surface area contributed by atoms with Crippen LogP contribution in [-0.4, -0.2) is 22.4 Å². The molecule has 0 saturated carbocycles. The summed E-state index contributed by atoms with van der Waals surface area (Å²) in [5, 5.41) is 4.81. The average molecular weight is 335 g/mol. The molecule has 0 aliphatic carbocycles. The van der Waals surface area contributed by atoms with Gasteiger partial charge < -0.3 is 15.3 Å². The van der Waals surface area contributed by atoms with Crippen LogP contribution in [0.15, 0.2) is 48.5 Å². The van der Waals surface area contributed by atoms with E-state index in [9.17, 15) is 9.18 Å². The van der Waals surface area contributed by atoms with Gasteiger partial charge in [-0.2, -0.15) is 0 Å². The molecule has 5 heteroatoms. The number of aromatic nitrogens is 2. The fourth-order valence-electron chi connectivity index (χ4n) is 3.28. The lowest BCUT2D eigenvalue weighted by molar-refractivity contribution is 0.0950. The highest BCUT2D eigenvalue weighted by atomic mass is 19.1. The van der Waals surface area contributed by atoms with Crippen molar-refractivity contribution in [3.8, 4) is 0 Å². The third-order valence-electron chi connectivity index (χ3n) is 4.51. The zero-order chi connectivity index (χ0) is 17.4. The summed E-state index contributed by atoms with van der Waals surface area (Å²) in [7, 11) is 0. The second kappa shape index (κ2) is 6.09. The third-order valence-corrected chi connectivity index (χ3v) is 4.51. The van der Waals surface area contributed by atoms with Gasteiger partial charge >= 0.3 is 0 Å². The smallest absolute Gasteiger partial charge is 0.267 e. The predicted octanol–water partition coefficient (Wildman–Crippen LogP) is 4.07. The lowest BCUT2D eigenvalue weighted by Gasteiger charge is -2.04. The second-order valence-electron chi connectivity index (χ2n) is 6.19. The van der Waals surface area contributed by atoms with Gasteiger partial charge in [0.05, 0.1) is 0 Å². The molecule has 25 heavy (non-hydrogen) atoms. The number of hydrogen-bond acceptors (Lipinski definition) is 1. The molecule has 2 heterocycles. The molecule has 0 aliphatic heterocycles. The number of aryl methyl sites for hydroxylation is 1. The van der Waals surface area contributed by atoms with Crippen LogP contribution in [-0.2, 0) is 6.42 Å². The molecule has 0 spiro atoms. The molecule has 1 amide bonds. The first-order valence-electron chi connectivity index (χ1n) is 8.24. The van der Waals surface area contributed by atoms with E-state index in [1.807, 2.05) is 25.1 Å². The standard InChI is InChI=1S/C20H18FN3O/c1-12-15(16-4-2-3-5-18(16)23-12)8-9-22-20(25)19-11-13-10-14(21)6-7-17(13)24-19/h2-7,10-11,23-24H,8-9H2,1H3,(H,22,25). The Balaban J connectivity index is 1.47. The summed E-state index contributed by atoms with van der Waals surface area (Å²) in [4.78, 5) is 18.7. The number of rotatable bonds is 4. The second-order valence-corrected chi connectivity index (χ2v) is 6.19. The molecule has 0 atom stereocenters. The largest absolute Gasteiger partial charge is 0.358 e. The van der Waals surface area contributed by atoms with Gasteiger partial charge in [0.2, 0.25) is 0 Å². The fourth-order valence-corrected chi connectivity index (χ4v) is 3.28. The molecular weight excluding hydrogens is 317 g/mol. The first-order chi connectivity index (χ1) is 12.1. The molecule has 126 valence electrons. The lowest BCUT2D eigenvalue weighted by atomic mass is 10.1. The summed E-state index contributed by atoms with van der Waals surface area (Å²) in [6.07, 6.45) is 0.746. The van der Waals surface area contributed by atoms with Crippen LogP contribution in [0.3, 0.4) is 0 Å². The Morgan fingerprint density at radius 2 is 1.92 bits per heavy atom. The monoisotopic (exact) mass is 335 g/mol. The fraction of sp³-hybridized carbons (Fsp3) is 0.150. The summed E-state index contributed by atoms with van der Waals surface area (Å²) in [5.74, 6) is -0.498. The van der Waals surface area contributed by atoms with Crippen LogP contribution >= 0.6 is 0 Å². The SMILES string of the molecule is Cc1[nH]c2ccccc2c1CCNC(=O)c1cc2cc(F)ccc2[nH]1. The van der Waals surface area contributed by atoms with Crippen molar-refractivity contribution < 1.29 is 9.18 Å². The lowest BCUT2D eigenvalue weighted by Crippen LogP contribution is -2.26. The van der Waals surface area contributed by atoms with Crippen LogP contribution in [0, 0.1) is 12.7 Å². The minimum absolute atomic E-state index is 0.186. The Hall–Kier alpha value is -3.08. The number of para-hydroxylation sites is 1. The number of halogens is 1. The predicted molar refractivity (Wildman–Crippen MR) is 97.3 cm³/mol. The topological polar surface area (TPSA) is 60.7 Å². The molecule has 0 bridgehead atoms. The first kappa shape index (κ1) is 15.4. The highest BCUT2D eigenvalue weighted by molar-refractivity contribution is 5.98. The van der Waals surface area contributed by atoms with E-state index in [4.69, 9.17) is 0 Å². The number of aromatic amines is 2. The Morgan fingerprint density at radius 1 is 1.08 bits per heavy atom. The van der Waals surface area contributed by atoms with Crippen LogP contribution < -0.4 is 5.32 Å². The van der Waals surface area contributed by atoms with E-state index in [0.29, 0.717) is 17.6 Å². The average Bonchev–Trinajstić information content (AvgIpc) is 3.15. The molecule has 2 aromatic carbocycles. The molecule has 2 aromatic heterocycles. The zero-order valence-electron chi connectivity index (χ0n) is 13.8. The number of H-pyrrole nitrogens is 2. The summed E-state index contributed by atoms with van der Waals surface area (Å²) >= 11 is 0. The number of benzene rings is 2. The molecule has 0 aliphatic rings. The Kier molecular flexibility index (Phi) is 3.76. The van der Waals surface area contributed by atoms with Crippen molar-refractivity contribution in [2.75, 3.05) is 6.54 Å². The maximum Gasteiger partial charge on any atom is 0.267 e. The van der Waals surface area contributed by atoms with Gasteiger partial charge in [0, 0.05) is 34.0 Å². The number of amides is 1. The van der Waals surface area contributed by atoms with E-state index in [1.165, 1.54) is 23.1 Å². The normalized spacial score (nSPS) is 11.3. The molecule has 0 fully saturated rings. The van der Waals surface area contributed by atoms with Crippen molar-refractivity contribution in [2.45, 2.75) is 13.3 Å². The summed E-state index contributed by atoms with van der Waals surface area (Å²) in [5.41, 5.74) is 4.64.